The molecule has 82 valence electrons. The standard InChI is InChI=1S/C10H16N4O/c1-14(8-4-11-5-8)6-9-12-10(15-13-9)7-2-3-7/h7-8,11H,2-6H2,1H3. The van der Waals surface area contributed by atoms with Gasteiger partial charge in [0.25, 0.3) is 0 Å². The Morgan fingerprint density at radius 1 is 1.47 bits per heavy atom. The molecule has 0 atom stereocenters. The van der Waals surface area contributed by atoms with Gasteiger partial charge in [-0.25, -0.2) is 0 Å². The van der Waals surface area contributed by atoms with Crippen LogP contribution in [0.5, 0.6) is 0 Å². The summed E-state index contributed by atoms with van der Waals surface area (Å²) in [6.45, 7) is 2.94. The fraction of sp³-hybridized carbons (Fsp3) is 0.800. The molecule has 0 aromatic carbocycles. The summed E-state index contributed by atoms with van der Waals surface area (Å²) >= 11 is 0. The van der Waals surface area contributed by atoms with Gasteiger partial charge in [-0.3, -0.25) is 4.90 Å². The van der Waals surface area contributed by atoms with Crippen LogP contribution in [-0.4, -0.2) is 41.2 Å². The SMILES string of the molecule is CN(Cc1noc(C2CC2)n1)C1CNC1. The van der Waals surface area contributed by atoms with Crippen molar-refractivity contribution in [3.8, 4) is 0 Å². The van der Waals surface area contributed by atoms with Crippen LogP contribution < -0.4 is 5.32 Å². The summed E-state index contributed by atoms with van der Waals surface area (Å²) in [4.78, 5) is 6.69. The molecule has 5 nitrogen and oxygen atoms in total. The van der Waals surface area contributed by atoms with Crippen LogP contribution in [0.25, 0.3) is 0 Å². The van der Waals surface area contributed by atoms with E-state index in [1.165, 1.54) is 12.8 Å². The smallest absolute Gasteiger partial charge is 0.229 e. The van der Waals surface area contributed by atoms with Gasteiger partial charge in [0, 0.05) is 25.0 Å². The number of nitrogens with zero attached hydrogens (tertiary/aromatic N) is 3. The van der Waals surface area contributed by atoms with Gasteiger partial charge in [-0.15, -0.1) is 0 Å². The Hall–Kier alpha value is -0.940. The molecule has 1 aromatic rings. The third kappa shape index (κ3) is 1.89. The topological polar surface area (TPSA) is 54.2 Å². The van der Waals surface area contributed by atoms with Crippen LogP contribution in [0.1, 0.15) is 30.5 Å². The molecule has 15 heavy (non-hydrogen) atoms. The summed E-state index contributed by atoms with van der Waals surface area (Å²) in [5, 5.41) is 7.27. The van der Waals surface area contributed by atoms with E-state index < -0.39 is 0 Å². The van der Waals surface area contributed by atoms with Gasteiger partial charge >= 0.3 is 0 Å². The molecule has 5 heteroatoms. The van der Waals surface area contributed by atoms with E-state index in [4.69, 9.17) is 4.52 Å². The number of rotatable bonds is 4. The van der Waals surface area contributed by atoms with Gasteiger partial charge in [-0.1, -0.05) is 5.16 Å². The van der Waals surface area contributed by atoms with Crippen LogP contribution in [-0.2, 0) is 6.54 Å². The fourth-order valence-electron chi connectivity index (χ4n) is 1.77. The van der Waals surface area contributed by atoms with Crippen LogP contribution in [0, 0.1) is 0 Å². The second-order valence-corrected chi connectivity index (χ2v) is 4.55. The largest absolute Gasteiger partial charge is 0.339 e. The van der Waals surface area contributed by atoms with Crippen molar-refractivity contribution in [1.29, 1.82) is 0 Å². The molecule has 2 heterocycles. The Morgan fingerprint density at radius 3 is 2.87 bits per heavy atom. The van der Waals surface area contributed by atoms with Crippen molar-refractivity contribution in [2.75, 3.05) is 20.1 Å². The van der Waals surface area contributed by atoms with Gasteiger partial charge in [-0.2, -0.15) is 4.98 Å². The molecule has 1 saturated carbocycles. The first-order valence-electron chi connectivity index (χ1n) is 5.56. The van der Waals surface area contributed by atoms with Crippen LogP contribution in [0.2, 0.25) is 0 Å². The normalized spacial score (nSPS) is 22.0. The van der Waals surface area contributed by atoms with Crippen LogP contribution in [0.15, 0.2) is 4.52 Å². The first-order chi connectivity index (χ1) is 7.33. The quantitative estimate of drug-likeness (QED) is 0.773. The Balaban J connectivity index is 1.60. The molecule has 2 fully saturated rings. The molecule has 3 rings (SSSR count). The van der Waals surface area contributed by atoms with E-state index in [1.54, 1.807) is 0 Å². The van der Waals surface area contributed by atoms with Crippen LogP contribution in [0.3, 0.4) is 0 Å². The summed E-state index contributed by atoms with van der Waals surface area (Å²) in [5.74, 6) is 2.22. The van der Waals surface area contributed by atoms with Crippen LogP contribution in [0.4, 0.5) is 0 Å². The monoisotopic (exact) mass is 208 g/mol. The lowest BCUT2D eigenvalue weighted by atomic mass is 10.1. The predicted molar refractivity (Wildman–Crippen MR) is 54.4 cm³/mol. The number of nitrogens with one attached hydrogen (secondary N) is 1. The number of likely N-dealkylation sites (N-methyl/N-ethyl adjacent to an activating group) is 1. The van der Waals surface area contributed by atoms with E-state index in [2.05, 4.69) is 27.4 Å². The van der Waals surface area contributed by atoms with E-state index in [0.717, 1.165) is 31.3 Å². The number of aromatic nitrogens is 2. The van der Waals surface area contributed by atoms with Crippen LogP contribution >= 0.6 is 0 Å². The molecule has 0 bridgehead atoms. The third-order valence-electron chi connectivity index (χ3n) is 3.18. The van der Waals surface area contributed by atoms with E-state index in [0.29, 0.717) is 12.0 Å². The minimum absolute atomic E-state index is 0.557. The Morgan fingerprint density at radius 2 is 2.27 bits per heavy atom. The molecule has 1 N–H and O–H groups in total. The molecular formula is C10H16N4O. The summed E-state index contributed by atoms with van der Waals surface area (Å²) in [7, 11) is 2.11. The first-order valence-corrected chi connectivity index (χ1v) is 5.56. The lowest BCUT2D eigenvalue weighted by Gasteiger charge is -2.34. The molecule has 0 spiro atoms. The summed E-state index contributed by atoms with van der Waals surface area (Å²) in [6, 6.07) is 0.632. The zero-order valence-corrected chi connectivity index (χ0v) is 8.94. The zero-order valence-electron chi connectivity index (χ0n) is 8.94. The van der Waals surface area contributed by atoms with E-state index in [-0.39, 0.29) is 0 Å². The minimum Gasteiger partial charge on any atom is -0.339 e. The highest BCUT2D eigenvalue weighted by Gasteiger charge is 2.30. The Kier molecular flexibility index (Phi) is 2.21. The highest BCUT2D eigenvalue weighted by Crippen LogP contribution is 2.38. The van der Waals surface area contributed by atoms with Crippen molar-refractivity contribution >= 4 is 0 Å². The first kappa shape index (κ1) is 9.30. The molecule has 1 saturated heterocycles. The average molecular weight is 208 g/mol. The lowest BCUT2D eigenvalue weighted by molar-refractivity contribution is 0.168. The van der Waals surface area contributed by atoms with Gasteiger partial charge in [0.05, 0.1) is 6.54 Å². The van der Waals surface area contributed by atoms with Gasteiger partial charge in [0.15, 0.2) is 5.82 Å². The molecule has 1 aromatic heterocycles. The summed E-state index contributed by atoms with van der Waals surface area (Å²) < 4.78 is 5.22. The van der Waals surface area contributed by atoms with E-state index >= 15 is 0 Å². The predicted octanol–water partition coefficient (Wildman–Crippen LogP) is 0.351. The maximum atomic E-state index is 5.22. The zero-order chi connectivity index (χ0) is 10.3. The molecule has 0 unspecified atom stereocenters. The van der Waals surface area contributed by atoms with Crippen molar-refractivity contribution in [2.24, 2.45) is 0 Å². The second kappa shape index (κ2) is 3.57. The Bertz CT molecular complexity index is 343. The van der Waals surface area contributed by atoms with Gasteiger partial charge in [0.1, 0.15) is 0 Å². The van der Waals surface area contributed by atoms with Crippen molar-refractivity contribution in [3.05, 3.63) is 11.7 Å². The molecule has 1 aliphatic carbocycles. The maximum Gasteiger partial charge on any atom is 0.229 e. The second-order valence-electron chi connectivity index (χ2n) is 4.55. The summed E-state index contributed by atoms with van der Waals surface area (Å²) in [5.41, 5.74) is 0. The lowest BCUT2D eigenvalue weighted by Crippen LogP contribution is -2.55. The number of hydrogen-bond acceptors (Lipinski definition) is 5. The van der Waals surface area contributed by atoms with Crippen molar-refractivity contribution in [1.82, 2.24) is 20.4 Å². The Labute approximate surface area is 88.8 Å². The molecule has 0 amide bonds. The van der Waals surface area contributed by atoms with Gasteiger partial charge in [-0.05, 0) is 19.9 Å². The third-order valence-corrected chi connectivity index (χ3v) is 3.18. The van der Waals surface area contributed by atoms with E-state index in [9.17, 15) is 0 Å². The van der Waals surface area contributed by atoms with E-state index in [1.807, 2.05) is 0 Å². The molecular weight excluding hydrogens is 192 g/mol. The average Bonchev–Trinajstić information content (AvgIpc) is 2.86. The summed E-state index contributed by atoms with van der Waals surface area (Å²) in [6.07, 6.45) is 2.42. The maximum absolute atomic E-state index is 5.22. The highest BCUT2D eigenvalue weighted by atomic mass is 16.5. The minimum atomic E-state index is 0.557. The molecule has 1 aliphatic heterocycles. The van der Waals surface area contributed by atoms with Crippen molar-refractivity contribution in [2.45, 2.75) is 31.3 Å². The molecule has 0 radical (unpaired) electrons. The number of hydrogen-bond donors (Lipinski definition) is 1. The highest BCUT2D eigenvalue weighted by molar-refractivity contribution is 5.01. The van der Waals surface area contributed by atoms with Gasteiger partial charge in [0.2, 0.25) is 5.89 Å². The fourth-order valence-corrected chi connectivity index (χ4v) is 1.77. The van der Waals surface area contributed by atoms with Gasteiger partial charge < -0.3 is 9.84 Å². The van der Waals surface area contributed by atoms with Crippen molar-refractivity contribution < 1.29 is 4.52 Å². The molecule has 2 aliphatic rings. The van der Waals surface area contributed by atoms with Crippen molar-refractivity contribution in [3.63, 3.8) is 0 Å².